The number of hydrogen-bond donors (Lipinski definition) is 1. The topological polar surface area (TPSA) is 79.7 Å². The van der Waals surface area contributed by atoms with Gasteiger partial charge in [-0.3, -0.25) is 9.89 Å². The smallest absolute Gasteiger partial charge is 0.289 e. The number of nitrogens with one attached hydrogen (secondary N) is 1. The number of nitrogens with zero attached hydrogens (tertiary/aromatic N) is 5. The Kier molecular flexibility index (Phi) is 3.63. The van der Waals surface area contributed by atoms with E-state index in [-0.39, 0.29) is 5.91 Å². The van der Waals surface area contributed by atoms with Crippen LogP contribution in [-0.2, 0) is 13.5 Å². The van der Waals surface area contributed by atoms with Gasteiger partial charge in [0.05, 0.1) is 0 Å². The molecule has 122 valence electrons. The van der Waals surface area contributed by atoms with Crippen LogP contribution in [-0.4, -0.2) is 48.6 Å². The predicted molar refractivity (Wildman–Crippen MR) is 83.9 cm³/mol. The first-order valence-electron chi connectivity index (χ1n) is 8.38. The van der Waals surface area contributed by atoms with Gasteiger partial charge < -0.3 is 9.47 Å². The summed E-state index contributed by atoms with van der Waals surface area (Å²) in [6, 6.07) is 0. The Labute approximate surface area is 135 Å². The fourth-order valence-electron chi connectivity index (χ4n) is 3.25. The van der Waals surface area contributed by atoms with Gasteiger partial charge in [0.2, 0.25) is 0 Å². The number of H-pyrrole nitrogens is 1. The van der Waals surface area contributed by atoms with Crippen molar-refractivity contribution in [3.8, 4) is 0 Å². The van der Waals surface area contributed by atoms with Crippen LogP contribution in [0.15, 0.2) is 12.4 Å². The van der Waals surface area contributed by atoms with Crippen molar-refractivity contribution in [3.63, 3.8) is 0 Å². The van der Waals surface area contributed by atoms with Crippen LogP contribution in [0.1, 0.15) is 53.9 Å². The van der Waals surface area contributed by atoms with Crippen molar-refractivity contribution in [2.75, 3.05) is 13.1 Å². The van der Waals surface area contributed by atoms with E-state index in [1.807, 2.05) is 11.9 Å². The molecule has 0 aromatic carbocycles. The largest absolute Gasteiger partial charge is 0.336 e. The minimum Gasteiger partial charge on any atom is -0.336 e. The fraction of sp³-hybridized carbons (Fsp3) is 0.625. The molecule has 0 bridgehead atoms. The molecule has 1 saturated heterocycles. The van der Waals surface area contributed by atoms with Gasteiger partial charge in [0, 0.05) is 44.9 Å². The number of hydrogen-bond acceptors (Lipinski definition) is 4. The molecule has 1 N–H and O–H groups in total. The summed E-state index contributed by atoms with van der Waals surface area (Å²) >= 11 is 0. The van der Waals surface area contributed by atoms with E-state index in [1.165, 1.54) is 12.8 Å². The van der Waals surface area contributed by atoms with E-state index in [4.69, 9.17) is 0 Å². The molecular formula is C16H22N6O. The summed E-state index contributed by atoms with van der Waals surface area (Å²) in [7, 11) is 1.86. The third-order valence-corrected chi connectivity index (χ3v) is 4.89. The van der Waals surface area contributed by atoms with Gasteiger partial charge in [-0.1, -0.05) is 0 Å². The molecule has 23 heavy (non-hydrogen) atoms. The molecule has 3 heterocycles. The maximum absolute atomic E-state index is 12.4. The molecule has 1 saturated carbocycles. The summed E-state index contributed by atoms with van der Waals surface area (Å²) in [4.78, 5) is 23.1. The van der Waals surface area contributed by atoms with Gasteiger partial charge in [-0.2, -0.15) is 5.10 Å². The highest BCUT2D eigenvalue weighted by Gasteiger charge is 2.29. The minimum atomic E-state index is 0.0339. The van der Waals surface area contributed by atoms with Crippen molar-refractivity contribution in [3.05, 3.63) is 29.9 Å². The molecule has 2 aromatic heterocycles. The van der Waals surface area contributed by atoms with E-state index in [1.54, 1.807) is 17.0 Å². The molecule has 0 unspecified atom stereocenters. The van der Waals surface area contributed by atoms with E-state index < -0.39 is 0 Å². The molecular weight excluding hydrogens is 292 g/mol. The fourth-order valence-corrected chi connectivity index (χ4v) is 3.25. The van der Waals surface area contributed by atoms with Crippen molar-refractivity contribution >= 4 is 5.91 Å². The number of piperidine rings is 1. The summed E-state index contributed by atoms with van der Waals surface area (Å²) in [5, 5.41) is 7.40. The number of carbonyl (C=O) groups excluding carboxylic acids is 1. The van der Waals surface area contributed by atoms with Crippen LogP contribution in [0, 0.1) is 5.92 Å². The average molecular weight is 314 g/mol. The maximum Gasteiger partial charge on any atom is 0.289 e. The number of aryl methyl sites for hydroxylation is 1. The van der Waals surface area contributed by atoms with Crippen LogP contribution < -0.4 is 0 Å². The lowest BCUT2D eigenvalue weighted by Crippen LogP contribution is -2.40. The highest BCUT2D eigenvalue weighted by atomic mass is 16.2. The maximum atomic E-state index is 12.4. The summed E-state index contributed by atoms with van der Waals surface area (Å²) in [5.41, 5.74) is 0. The Balaban J connectivity index is 1.31. The molecule has 0 atom stereocenters. The monoisotopic (exact) mass is 314 g/mol. The second-order valence-corrected chi connectivity index (χ2v) is 6.72. The number of imidazole rings is 1. The summed E-state index contributed by atoms with van der Waals surface area (Å²) < 4.78 is 1.78. The van der Waals surface area contributed by atoms with E-state index in [0.29, 0.717) is 17.7 Å². The Hall–Kier alpha value is -2.18. The Bertz CT molecular complexity index is 693. The van der Waals surface area contributed by atoms with Gasteiger partial charge in [0.1, 0.15) is 5.82 Å². The van der Waals surface area contributed by atoms with Gasteiger partial charge in [-0.05, 0) is 31.6 Å². The lowest BCUT2D eigenvalue weighted by molar-refractivity contribution is 0.0674. The van der Waals surface area contributed by atoms with Crippen molar-refractivity contribution < 1.29 is 4.79 Å². The Morgan fingerprint density at radius 2 is 2.09 bits per heavy atom. The van der Waals surface area contributed by atoms with Gasteiger partial charge in [-0.25, -0.2) is 9.97 Å². The van der Waals surface area contributed by atoms with Gasteiger partial charge in [0.15, 0.2) is 11.6 Å². The highest BCUT2D eigenvalue weighted by molar-refractivity contribution is 5.90. The standard InChI is InChI=1S/C16H22N6O/c1-21-9-6-17-15(21)16(23)22-7-4-11(5-8-22)10-13-18-14(20-19-13)12-2-3-12/h6,9,11-12H,2-5,7-8,10H2,1H3,(H,18,19,20). The van der Waals surface area contributed by atoms with Gasteiger partial charge in [-0.15, -0.1) is 0 Å². The molecule has 2 aliphatic rings. The lowest BCUT2D eigenvalue weighted by Gasteiger charge is -2.31. The van der Waals surface area contributed by atoms with Crippen LogP contribution in [0.25, 0.3) is 0 Å². The molecule has 2 fully saturated rings. The molecule has 0 radical (unpaired) electrons. The van der Waals surface area contributed by atoms with E-state index >= 15 is 0 Å². The second-order valence-electron chi connectivity index (χ2n) is 6.72. The lowest BCUT2D eigenvalue weighted by atomic mass is 9.93. The second kappa shape index (κ2) is 5.79. The molecule has 4 rings (SSSR count). The van der Waals surface area contributed by atoms with E-state index in [9.17, 15) is 4.79 Å². The normalized spacial score (nSPS) is 19.3. The first-order valence-corrected chi connectivity index (χ1v) is 8.38. The van der Waals surface area contributed by atoms with E-state index in [0.717, 1.165) is 44.0 Å². The number of rotatable bonds is 4. The van der Waals surface area contributed by atoms with E-state index in [2.05, 4.69) is 20.2 Å². The van der Waals surface area contributed by atoms with Gasteiger partial charge >= 0.3 is 0 Å². The number of likely N-dealkylation sites (tertiary alicyclic amines) is 1. The minimum absolute atomic E-state index is 0.0339. The summed E-state index contributed by atoms with van der Waals surface area (Å²) in [6.07, 6.45) is 8.88. The van der Waals surface area contributed by atoms with Crippen molar-refractivity contribution in [1.82, 2.24) is 29.6 Å². The number of carbonyl (C=O) groups is 1. The third-order valence-electron chi connectivity index (χ3n) is 4.89. The molecule has 0 spiro atoms. The Morgan fingerprint density at radius 3 is 2.74 bits per heavy atom. The third kappa shape index (κ3) is 3.00. The summed E-state index contributed by atoms with van der Waals surface area (Å²) in [5.74, 6) is 3.71. The number of aromatic nitrogens is 5. The average Bonchev–Trinajstić information content (AvgIpc) is 3.16. The molecule has 2 aromatic rings. The quantitative estimate of drug-likeness (QED) is 0.927. The zero-order chi connectivity index (χ0) is 15.8. The SMILES string of the molecule is Cn1ccnc1C(=O)N1CCC(Cc2nc(C3CC3)n[nH]2)CC1. The molecule has 7 heteroatoms. The van der Waals surface area contributed by atoms with Crippen LogP contribution >= 0.6 is 0 Å². The van der Waals surface area contributed by atoms with Crippen LogP contribution in [0.4, 0.5) is 0 Å². The number of amides is 1. The Morgan fingerprint density at radius 1 is 1.30 bits per heavy atom. The van der Waals surface area contributed by atoms with Gasteiger partial charge in [0.25, 0.3) is 5.91 Å². The number of aromatic amines is 1. The van der Waals surface area contributed by atoms with Crippen molar-refractivity contribution in [2.24, 2.45) is 13.0 Å². The summed E-state index contributed by atoms with van der Waals surface area (Å²) in [6.45, 7) is 1.58. The first-order chi connectivity index (χ1) is 11.2. The van der Waals surface area contributed by atoms with Crippen molar-refractivity contribution in [1.29, 1.82) is 0 Å². The van der Waals surface area contributed by atoms with Crippen molar-refractivity contribution in [2.45, 2.75) is 38.0 Å². The molecule has 1 aliphatic heterocycles. The van der Waals surface area contributed by atoms with Crippen LogP contribution in [0.2, 0.25) is 0 Å². The molecule has 1 aliphatic carbocycles. The predicted octanol–water partition coefficient (Wildman–Crippen LogP) is 1.51. The molecule has 7 nitrogen and oxygen atoms in total. The van der Waals surface area contributed by atoms with Crippen LogP contribution in [0.5, 0.6) is 0 Å². The highest BCUT2D eigenvalue weighted by Crippen LogP contribution is 2.37. The first kappa shape index (κ1) is 14.4. The van der Waals surface area contributed by atoms with Crippen LogP contribution in [0.3, 0.4) is 0 Å². The molecule has 1 amide bonds. The zero-order valence-electron chi connectivity index (χ0n) is 13.4. The zero-order valence-corrected chi connectivity index (χ0v) is 13.4.